The van der Waals surface area contributed by atoms with Crippen LogP contribution in [-0.2, 0) is 4.79 Å². The van der Waals surface area contributed by atoms with E-state index in [-0.39, 0.29) is 17.2 Å². The summed E-state index contributed by atoms with van der Waals surface area (Å²) in [5.41, 5.74) is 0.249. The Morgan fingerprint density at radius 3 is 2.35 bits per heavy atom. The average Bonchev–Trinajstić information content (AvgIpc) is 2.80. The first kappa shape index (κ1) is 14.6. The van der Waals surface area contributed by atoms with Crippen molar-refractivity contribution in [2.75, 3.05) is 26.2 Å². The summed E-state index contributed by atoms with van der Waals surface area (Å²) in [6.07, 6.45) is 2.58. The van der Waals surface area contributed by atoms with Crippen LogP contribution in [0, 0.1) is 5.41 Å². The van der Waals surface area contributed by atoms with Gasteiger partial charge in [0.25, 0.3) is 5.91 Å². The number of aromatic amines is 1. The van der Waals surface area contributed by atoms with Gasteiger partial charge in [0, 0.05) is 37.8 Å². The molecule has 1 aromatic rings. The molecule has 20 heavy (non-hydrogen) atoms. The molecule has 0 aromatic carbocycles. The van der Waals surface area contributed by atoms with E-state index in [1.54, 1.807) is 12.3 Å². The standard InChI is InChI=1S/C15H23N3O2/c1-15(2,3)14(20)18-9-5-8-17(10-11-18)13(19)12-6-4-7-16-12/h4,6-7,16H,5,8-11H2,1-3H3. The van der Waals surface area contributed by atoms with Gasteiger partial charge in [-0.05, 0) is 18.6 Å². The van der Waals surface area contributed by atoms with Gasteiger partial charge in [-0.1, -0.05) is 20.8 Å². The molecule has 1 saturated heterocycles. The summed E-state index contributed by atoms with van der Waals surface area (Å²) in [6.45, 7) is 8.44. The summed E-state index contributed by atoms with van der Waals surface area (Å²) >= 11 is 0. The third kappa shape index (κ3) is 3.21. The van der Waals surface area contributed by atoms with Crippen molar-refractivity contribution in [1.82, 2.24) is 14.8 Å². The molecule has 5 heteroatoms. The first-order chi connectivity index (χ1) is 9.39. The van der Waals surface area contributed by atoms with Gasteiger partial charge in [-0.15, -0.1) is 0 Å². The summed E-state index contributed by atoms with van der Waals surface area (Å²) in [4.78, 5) is 31.2. The van der Waals surface area contributed by atoms with E-state index in [0.717, 1.165) is 13.0 Å². The van der Waals surface area contributed by atoms with Crippen LogP contribution in [0.3, 0.4) is 0 Å². The van der Waals surface area contributed by atoms with E-state index in [1.165, 1.54) is 0 Å². The molecule has 2 amide bonds. The Kier molecular flexibility index (Phi) is 4.16. The fourth-order valence-corrected chi connectivity index (χ4v) is 2.43. The summed E-state index contributed by atoms with van der Waals surface area (Å²) in [5.74, 6) is 0.173. The predicted molar refractivity (Wildman–Crippen MR) is 77.3 cm³/mol. The molecule has 2 rings (SSSR count). The van der Waals surface area contributed by atoms with Crippen LogP contribution < -0.4 is 0 Å². The lowest BCUT2D eigenvalue weighted by molar-refractivity contribution is -0.139. The molecule has 5 nitrogen and oxygen atoms in total. The number of amides is 2. The molecule has 1 N–H and O–H groups in total. The van der Waals surface area contributed by atoms with Crippen molar-refractivity contribution in [3.8, 4) is 0 Å². The smallest absolute Gasteiger partial charge is 0.270 e. The lowest BCUT2D eigenvalue weighted by Gasteiger charge is -2.28. The fraction of sp³-hybridized carbons (Fsp3) is 0.600. The van der Waals surface area contributed by atoms with Gasteiger partial charge >= 0.3 is 0 Å². The van der Waals surface area contributed by atoms with Gasteiger partial charge in [0.2, 0.25) is 5.91 Å². The van der Waals surface area contributed by atoms with Crippen LogP contribution in [0.25, 0.3) is 0 Å². The minimum atomic E-state index is -0.362. The highest BCUT2D eigenvalue weighted by Crippen LogP contribution is 2.19. The quantitative estimate of drug-likeness (QED) is 0.850. The minimum Gasteiger partial charge on any atom is -0.357 e. The molecule has 0 aliphatic carbocycles. The molecule has 2 heterocycles. The zero-order valence-corrected chi connectivity index (χ0v) is 12.5. The van der Waals surface area contributed by atoms with Crippen molar-refractivity contribution in [1.29, 1.82) is 0 Å². The summed E-state index contributed by atoms with van der Waals surface area (Å²) in [6, 6.07) is 3.60. The number of aromatic nitrogens is 1. The highest BCUT2D eigenvalue weighted by atomic mass is 16.2. The zero-order chi connectivity index (χ0) is 14.8. The van der Waals surface area contributed by atoms with Crippen LogP contribution in [0.1, 0.15) is 37.7 Å². The number of hydrogen-bond acceptors (Lipinski definition) is 2. The molecule has 0 spiro atoms. The van der Waals surface area contributed by atoms with Crippen molar-refractivity contribution in [3.63, 3.8) is 0 Å². The number of carbonyl (C=O) groups excluding carboxylic acids is 2. The second-order valence-corrected chi connectivity index (χ2v) is 6.27. The number of carbonyl (C=O) groups is 2. The molecule has 0 bridgehead atoms. The van der Waals surface area contributed by atoms with Gasteiger partial charge in [-0.25, -0.2) is 0 Å². The molecule has 0 saturated carbocycles. The van der Waals surface area contributed by atoms with E-state index in [4.69, 9.17) is 0 Å². The van der Waals surface area contributed by atoms with Crippen LogP contribution in [0.5, 0.6) is 0 Å². The maximum absolute atomic E-state index is 12.3. The molecule has 0 atom stereocenters. The van der Waals surface area contributed by atoms with Crippen molar-refractivity contribution in [2.24, 2.45) is 5.41 Å². The third-order valence-electron chi connectivity index (χ3n) is 3.54. The predicted octanol–water partition coefficient (Wildman–Crippen LogP) is 1.74. The lowest BCUT2D eigenvalue weighted by atomic mass is 9.94. The number of H-pyrrole nitrogens is 1. The van der Waals surface area contributed by atoms with Gasteiger partial charge in [0.1, 0.15) is 5.69 Å². The van der Waals surface area contributed by atoms with Crippen molar-refractivity contribution in [3.05, 3.63) is 24.0 Å². The second-order valence-electron chi connectivity index (χ2n) is 6.27. The second kappa shape index (κ2) is 5.69. The highest BCUT2D eigenvalue weighted by Gasteiger charge is 2.29. The summed E-state index contributed by atoms with van der Waals surface area (Å²) < 4.78 is 0. The molecule has 1 aliphatic rings. The monoisotopic (exact) mass is 277 g/mol. The summed E-state index contributed by atoms with van der Waals surface area (Å²) in [7, 11) is 0. The van der Waals surface area contributed by atoms with Crippen molar-refractivity contribution < 1.29 is 9.59 Å². The molecule has 1 fully saturated rings. The van der Waals surface area contributed by atoms with E-state index < -0.39 is 0 Å². The normalized spacial score (nSPS) is 16.9. The van der Waals surface area contributed by atoms with Gasteiger partial charge in [-0.2, -0.15) is 0 Å². The lowest BCUT2D eigenvalue weighted by Crippen LogP contribution is -2.42. The SMILES string of the molecule is CC(C)(C)C(=O)N1CCCN(C(=O)c2ccc[nH]2)CC1. The highest BCUT2D eigenvalue weighted by molar-refractivity contribution is 5.92. The Balaban J connectivity index is 1.99. The summed E-state index contributed by atoms with van der Waals surface area (Å²) in [5, 5.41) is 0. The average molecular weight is 277 g/mol. The maximum Gasteiger partial charge on any atom is 0.270 e. The third-order valence-corrected chi connectivity index (χ3v) is 3.54. The number of nitrogens with one attached hydrogen (secondary N) is 1. The molecule has 0 radical (unpaired) electrons. The first-order valence-electron chi connectivity index (χ1n) is 7.11. The first-order valence-corrected chi connectivity index (χ1v) is 7.11. The molecular formula is C15H23N3O2. The van der Waals surface area contributed by atoms with E-state index in [2.05, 4.69) is 4.98 Å². The van der Waals surface area contributed by atoms with Crippen LogP contribution >= 0.6 is 0 Å². The molecule has 1 aliphatic heterocycles. The van der Waals surface area contributed by atoms with Crippen LogP contribution in [0.15, 0.2) is 18.3 Å². The Hall–Kier alpha value is -1.78. The van der Waals surface area contributed by atoms with Crippen molar-refractivity contribution in [2.45, 2.75) is 27.2 Å². The van der Waals surface area contributed by atoms with Crippen LogP contribution in [0.4, 0.5) is 0 Å². The van der Waals surface area contributed by atoms with Crippen LogP contribution in [-0.4, -0.2) is 52.8 Å². The number of nitrogens with zero attached hydrogens (tertiary/aromatic N) is 2. The van der Waals surface area contributed by atoms with Gasteiger partial charge in [0.05, 0.1) is 0 Å². The fourth-order valence-electron chi connectivity index (χ4n) is 2.43. The molecular weight excluding hydrogens is 254 g/mol. The Labute approximate surface area is 119 Å². The van der Waals surface area contributed by atoms with Gasteiger partial charge in [-0.3, -0.25) is 9.59 Å². The molecule has 1 aromatic heterocycles. The Morgan fingerprint density at radius 2 is 1.75 bits per heavy atom. The molecule has 0 unspecified atom stereocenters. The Bertz CT molecular complexity index is 474. The van der Waals surface area contributed by atoms with Gasteiger partial charge in [0.15, 0.2) is 0 Å². The number of hydrogen-bond donors (Lipinski definition) is 1. The molecule has 110 valence electrons. The van der Waals surface area contributed by atoms with Crippen molar-refractivity contribution >= 4 is 11.8 Å². The zero-order valence-electron chi connectivity index (χ0n) is 12.5. The van der Waals surface area contributed by atoms with Gasteiger partial charge < -0.3 is 14.8 Å². The largest absolute Gasteiger partial charge is 0.357 e. The van der Waals surface area contributed by atoms with E-state index in [9.17, 15) is 9.59 Å². The Morgan fingerprint density at radius 1 is 1.10 bits per heavy atom. The number of rotatable bonds is 1. The van der Waals surface area contributed by atoms with Crippen LogP contribution in [0.2, 0.25) is 0 Å². The van der Waals surface area contributed by atoms with E-state index in [0.29, 0.717) is 25.3 Å². The topological polar surface area (TPSA) is 56.4 Å². The van der Waals surface area contributed by atoms with E-state index >= 15 is 0 Å². The van der Waals surface area contributed by atoms with E-state index in [1.807, 2.05) is 36.6 Å². The minimum absolute atomic E-state index is 0.0139. The maximum atomic E-state index is 12.3.